The molecule has 0 amide bonds. The molecule has 134 valence electrons. The Kier molecular flexibility index (Phi) is 7.55. The van der Waals surface area contributed by atoms with E-state index in [1.54, 1.807) is 5.57 Å². The minimum atomic E-state index is 0.655. The predicted octanol–water partition coefficient (Wildman–Crippen LogP) is 6.12. The van der Waals surface area contributed by atoms with E-state index in [-0.39, 0.29) is 0 Å². The Morgan fingerprint density at radius 2 is 1.92 bits per heavy atom. The lowest BCUT2D eigenvalue weighted by Gasteiger charge is -2.39. The van der Waals surface area contributed by atoms with Crippen LogP contribution >= 0.6 is 0 Å². The van der Waals surface area contributed by atoms with Gasteiger partial charge in [0.05, 0.1) is 0 Å². The van der Waals surface area contributed by atoms with Gasteiger partial charge in [-0.25, -0.2) is 0 Å². The molecule has 1 aromatic carbocycles. The first kappa shape index (κ1) is 19.2. The van der Waals surface area contributed by atoms with E-state index in [0.717, 1.165) is 30.1 Å². The fourth-order valence-electron chi connectivity index (χ4n) is 4.66. The fourth-order valence-corrected chi connectivity index (χ4v) is 4.66. The maximum atomic E-state index is 5.88. The highest BCUT2D eigenvalue weighted by molar-refractivity contribution is 5.27. The predicted molar refractivity (Wildman–Crippen MR) is 106 cm³/mol. The topological polar surface area (TPSA) is 26.0 Å². The Balaban J connectivity index is 1.98. The van der Waals surface area contributed by atoms with Crippen LogP contribution in [0.5, 0.6) is 0 Å². The molecule has 1 nitrogen and oxygen atoms in total. The van der Waals surface area contributed by atoms with Crippen molar-refractivity contribution < 1.29 is 0 Å². The van der Waals surface area contributed by atoms with Crippen LogP contribution in [0, 0.1) is 23.7 Å². The first-order chi connectivity index (χ1) is 11.6. The van der Waals surface area contributed by atoms with Gasteiger partial charge in [0.15, 0.2) is 0 Å². The summed E-state index contributed by atoms with van der Waals surface area (Å²) in [5.74, 6) is 3.38. The Morgan fingerprint density at radius 1 is 1.21 bits per heavy atom. The van der Waals surface area contributed by atoms with Crippen LogP contribution < -0.4 is 5.73 Å². The van der Waals surface area contributed by atoms with Crippen LogP contribution in [0.1, 0.15) is 70.9 Å². The van der Waals surface area contributed by atoms with Gasteiger partial charge in [-0.2, -0.15) is 0 Å². The number of aryl methyl sites for hydroxylation is 1. The lowest BCUT2D eigenvalue weighted by molar-refractivity contribution is 0.167. The largest absolute Gasteiger partial charge is 0.326 e. The summed E-state index contributed by atoms with van der Waals surface area (Å²) in [6, 6.07) is 8.66. The Morgan fingerprint density at radius 3 is 2.54 bits per heavy atom. The van der Waals surface area contributed by atoms with Gasteiger partial charge < -0.3 is 5.73 Å². The van der Waals surface area contributed by atoms with Crippen LogP contribution in [0.2, 0.25) is 0 Å². The van der Waals surface area contributed by atoms with Crippen molar-refractivity contribution in [3.05, 3.63) is 47.0 Å². The number of benzene rings is 1. The van der Waals surface area contributed by atoms with Gasteiger partial charge in [0.25, 0.3) is 0 Å². The third-order valence-corrected chi connectivity index (χ3v) is 6.12. The molecular weight excluding hydrogens is 290 g/mol. The zero-order valence-electron chi connectivity index (χ0n) is 16.2. The van der Waals surface area contributed by atoms with E-state index in [1.807, 2.05) is 0 Å². The molecule has 1 saturated carbocycles. The van der Waals surface area contributed by atoms with Crippen LogP contribution in [0.25, 0.3) is 0 Å². The second-order valence-electron chi connectivity index (χ2n) is 8.12. The third-order valence-electron chi connectivity index (χ3n) is 6.12. The Hall–Kier alpha value is -1.08. The second kappa shape index (κ2) is 9.42. The van der Waals surface area contributed by atoms with Gasteiger partial charge in [-0.15, -0.1) is 0 Å². The normalized spacial score (nSPS) is 25.2. The number of rotatable bonds is 7. The number of hydrogen-bond acceptors (Lipinski definition) is 1. The highest BCUT2D eigenvalue weighted by atomic mass is 14.5. The SMILES string of the molecule is C/C=C(/CCCc1ccccc1CN)[C@@H]1C[C@H](C)CC[C@H]1C(C)C. The summed E-state index contributed by atoms with van der Waals surface area (Å²) >= 11 is 0. The van der Waals surface area contributed by atoms with E-state index in [1.165, 1.54) is 43.2 Å². The standard InChI is InChI=1S/C23H37N/c1-5-19(23-15-18(4)13-14-22(23)17(2)3)11-8-12-20-9-6-7-10-21(20)16-24/h5-7,9-10,17-18,22-23H,8,11-16,24H2,1-4H3/b19-5-/t18-,22+,23+/m1/s1. The summed E-state index contributed by atoms with van der Waals surface area (Å²) in [5.41, 5.74) is 10.3. The van der Waals surface area contributed by atoms with Crippen molar-refractivity contribution in [2.75, 3.05) is 0 Å². The van der Waals surface area contributed by atoms with Gasteiger partial charge in [-0.3, -0.25) is 0 Å². The van der Waals surface area contributed by atoms with Crippen molar-refractivity contribution in [2.45, 2.75) is 72.8 Å². The van der Waals surface area contributed by atoms with Crippen molar-refractivity contribution in [3.8, 4) is 0 Å². The Labute approximate surface area is 149 Å². The van der Waals surface area contributed by atoms with E-state index in [9.17, 15) is 0 Å². The van der Waals surface area contributed by atoms with Crippen molar-refractivity contribution >= 4 is 0 Å². The molecule has 2 rings (SSSR count). The molecule has 24 heavy (non-hydrogen) atoms. The molecule has 0 radical (unpaired) electrons. The molecular formula is C23H37N. The van der Waals surface area contributed by atoms with Crippen LogP contribution in [-0.2, 0) is 13.0 Å². The summed E-state index contributed by atoms with van der Waals surface area (Å²) in [7, 11) is 0. The molecule has 3 atom stereocenters. The van der Waals surface area contributed by atoms with Crippen molar-refractivity contribution in [1.29, 1.82) is 0 Å². The van der Waals surface area contributed by atoms with Crippen molar-refractivity contribution in [1.82, 2.24) is 0 Å². The van der Waals surface area contributed by atoms with Gasteiger partial charge >= 0.3 is 0 Å². The zero-order valence-corrected chi connectivity index (χ0v) is 16.2. The molecule has 1 heteroatoms. The fraction of sp³-hybridized carbons (Fsp3) is 0.652. The van der Waals surface area contributed by atoms with Crippen molar-refractivity contribution in [3.63, 3.8) is 0 Å². The molecule has 0 spiro atoms. The minimum absolute atomic E-state index is 0.655. The van der Waals surface area contributed by atoms with Crippen LogP contribution in [0.4, 0.5) is 0 Å². The lowest BCUT2D eigenvalue weighted by atomic mass is 9.66. The minimum Gasteiger partial charge on any atom is -0.326 e. The molecule has 1 fully saturated rings. The summed E-state index contributed by atoms with van der Waals surface area (Å²) in [6.07, 6.45) is 10.3. The van der Waals surface area contributed by atoms with Gasteiger partial charge in [0.1, 0.15) is 0 Å². The van der Waals surface area contributed by atoms with E-state index in [4.69, 9.17) is 5.73 Å². The van der Waals surface area contributed by atoms with Gasteiger partial charge in [0, 0.05) is 6.54 Å². The van der Waals surface area contributed by atoms with E-state index in [2.05, 4.69) is 58.0 Å². The van der Waals surface area contributed by atoms with Gasteiger partial charge in [0.2, 0.25) is 0 Å². The third kappa shape index (κ3) is 4.96. The van der Waals surface area contributed by atoms with Gasteiger partial charge in [-0.05, 0) is 73.8 Å². The highest BCUT2D eigenvalue weighted by Gasteiger charge is 2.32. The maximum Gasteiger partial charge on any atom is 0.0180 e. The molecule has 0 unspecified atom stereocenters. The van der Waals surface area contributed by atoms with E-state index < -0.39 is 0 Å². The summed E-state index contributed by atoms with van der Waals surface area (Å²) in [4.78, 5) is 0. The molecule has 0 saturated heterocycles. The molecule has 1 aliphatic carbocycles. The molecule has 0 heterocycles. The maximum absolute atomic E-state index is 5.88. The zero-order chi connectivity index (χ0) is 17.5. The van der Waals surface area contributed by atoms with Crippen LogP contribution in [0.3, 0.4) is 0 Å². The average molecular weight is 328 g/mol. The molecule has 2 N–H and O–H groups in total. The first-order valence-electron chi connectivity index (χ1n) is 9.98. The summed E-state index contributed by atoms with van der Waals surface area (Å²) in [6.45, 7) is 10.2. The second-order valence-corrected chi connectivity index (χ2v) is 8.12. The summed E-state index contributed by atoms with van der Waals surface area (Å²) in [5, 5.41) is 0. The van der Waals surface area contributed by atoms with Crippen LogP contribution in [0.15, 0.2) is 35.9 Å². The monoisotopic (exact) mass is 327 g/mol. The average Bonchev–Trinajstić information content (AvgIpc) is 2.58. The highest BCUT2D eigenvalue weighted by Crippen LogP contribution is 2.42. The van der Waals surface area contributed by atoms with Gasteiger partial charge in [-0.1, -0.05) is 63.1 Å². The quantitative estimate of drug-likeness (QED) is 0.600. The molecule has 0 bridgehead atoms. The number of nitrogens with two attached hydrogens (primary N) is 1. The summed E-state index contributed by atoms with van der Waals surface area (Å²) < 4.78 is 0. The lowest BCUT2D eigenvalue weighted by Crippen LogP contribution is -2.29. The first-order valence-corrected chi connectivity index (χ1v) is 9.98. The van der Waals surface area contributed by atoms with Crippen molar-refractivity contribution in [2.24, 2.45) is 29.4 Å². The Bertz CT molecular complexity index is 529. The smallest absolute Gasteiger partial charge is 0.0180 e. The van der Waals surface area contributed by atoms with Crippen LogP contribution in [-0.4, -0.2) is 0 Å². The molecule has 1 aromatic rings. The molecule has 0 aromatic heterocycles. The molecule has 0 aliphatic heterocycles. The van der Waals surface area contributed by atoms with E-state index in [0.29, 0.717) is 6.54 Å². The molecule has 1 aliphatic rings. The number of hydrogen-bond donors (Lipinski definition) is 1. The van der Waals surface area contributed by atoms with E-state index >= 15 is 0 Å². The number of allylic oxidation sites excluding steroid dienone is 2.